The monoisotopic (exact) mass is 429 g/mol. The van der Waals surface area contributed by atoms with E-state index in [0.29, 0.717) is 35.2 Å². The molecule has 0 heterocycles. The first kappa shape index (κ1) is 23.2. The molecule has 0 bridgehead atoms. The fourth-order valence-corrected chi connectivity index (χ4v) is 2.48. The molecule has 2 rings (SSSR count). The van der Waals surface area contributed by atoms with E-state index in [1.807, 2.05) is 13.8 Å². The summed E-state index contributed by atoms with van der Waals surface area (Å²) in [6.07, 6.45) is -0.00268. The van der Waals surface area contributed by atoms with Gasteiger partial charge in [-0.3, -0.25) is 25.8 Å². The van der Waals surface area contributed by atoms with Crippen LogP contribution in [0.25, 0.3) is 0 Å². The van der Waals surface area contributed by atoms with Crippen LogP contribution in [0.15, 0.2) is 48.5 Å². The number of benzene rings is 2. The second kappa shape index (κ2) is 11.2. The number of hydrogen-bond donors (Lipinski definition) is 3. The Hall–Kier alpha value is -3.13. The molecule has 0 aliphatic carbocycles. The molecule has 2 aromatic carbocycles. The van der Waals surface area contributed by atoms with Crippen molar-refractivity contribution < 1.29 is 19.1 Å². The van der Waals surface area contributed by atoms with Gasteiger partial charge in [0.05, 0.1) is 12.7 Å². The molecule has 0 aromatic heterocycles. The molecule has 0 saturated carbocycles. The lowest BCUT2D eigenvalue weighted by Crippen LogP contribution is -2.48. The van der Waals surface area contributed by atoms with Gasteiger partial charge in [0.2, 0.25) is 0 Å². The van der Waals surface area contributed by atoms with Crippen molar-refractivity contribution in [3.05, 3.63) is 59.7 Å². The van der Waals surface area contributed by atoms with Crippen molar-refractivity contribution in [2.24, 2.45) is 5.92 Å². The van der Waals surface area contributed by atoms with Crippen LogP contribution < -0.4 is 25.6 Å². The second-order valence-electron chi connectivity index (χ2n) is 7.29. The number of nitrogens with one attached hydrogen (secondary N) is 3. The van der Waals surface area contributed by atoms with E-state index in [2.05, 4.69) is 30.0 Å². The second-order valence-corrected chi connectivity index (χ2v) is 7.69. The van der Waals surface area contributed by atoms with Crippen LogP contribution in [-0.2, 0) is 0 Å². The average Bonchev–Trinajstić information content (AvgIpc) is 2.70. The minimum absolute atomic E-state index is 0.00268. The number of rotatable bonds is 7. The van der Waals surface area contributed by atoms with Gasteiger partial charge in [0, 0.05) is 11.1 Å². The highest BCUT2D eigenvalue weighted by Crippen LogP contribution is 2.15. The van der Waals surface area contributed by atoms with Crippen LogP contribution in [0, 0.1) is 5.92 Å². The third-order valence-corrected chi connectivity index (χ3v) is 3.89. The molecule has 0 unspecified atom stereocenters. The van der Waals surface area contributed by atoms with E-state index in [-0.39, 0.29) is 11.2 Å². The summed E-state index contributed by atoms with van der Waals surface area (Å²) in [5, 5.41) is 2.48. The summed E-state index contributed by atoms with van der Waals surface area (Å²) in [5.74, 6) is 0.890. The van der Waals surface area contributed by atoms with E-state index in [9.17, 15) is 9.59 Å². The number of ether oxygens (including phenoxy) is 2. The average molecular weight is 430 g/mol. The van der Waals surface area contributed by atoms with Crippen LogP contribution in [0.1, 0.15) is 48.4 Å². The molecule has 0 radical (unpaired) electrons. The first-order valence-electron chi connectivity index (χ1n) is 9.66. The Balaban J connectivity index is 1.83. The van der Waals surface area contributed by atoms with Crippen molar-refractivity contribution in [2.45, 2.75) is 33.8 Å². The van der Waals surface area contributed by atoms with E-state index in [1.54, 1.807) is 48.5 Å². The lowest BCUT2D eigenvalue weighted by Gasteiger charge is -2.13. The predicted octanol–water partition coefficient (Wildman–Crippen LogP) is 3.46. The summed E-state index contributed by atoms with van der Waals surface area (Å²) in [6.45, 7) is 8.53. The van der Waals surface area contributed by atoms with Gasteiger partial charge in [-0.15, -0.1) is 0 Å². The topological polar surface area (TPSA) is 88.7 Å². The molecule has 0 fully saturated rings. The van der Waals surface area contributed by atoms with E-state index < -0.39 is 11.8 Å². The normalized spacial score (nSPS) is 10.5. The summed E-state index contributed by atoms with van der Waals surface area (Å²) in [5.41, 5.74) is 5.79. The maximum absolute atomic E-state index is 12.3. The van der Waals surface area contributed by atoms with Gasteiger partial charge in [-0.2, -0.15) is 0 Å². The molecule has 0 saturated heterocycles. The lowest BCUT2D eigenvalue weighted by molar-refractivity contribution is 0.0934. The standard InChI is InChI=1S/C22H27N3O4S/c1-14(2)13-28-18-10-8-16(9-11-18)21(27)24-25-22(30)23-20(26)17-6-5-7-19(12-17)29-15(3)4/h5-12,14-15H,13H2,1-4H3,(H,24,27)(H2,23,25,26,30). The third kappa shape index (κ3) is 7.71. The molecule has 2 amide bonds. The molecule has 3 N–H and O–H groups in total. The molecule has 0 aliphatic rings. The Morgan fingerprint density at radius 1 is 0.900 bits per heavy atom. The summed E-state index contributed by atoms with van der Waals surface area (Å²) in [6, 6.07) is 13.5. The van der Waals surface area contributed by atoms with Gasteiger partial charge in [-0.05, 0) is 74.4 Å². The highest BCUT2D eigenvalue weighted by atomic mass is 32.1. The van der Waals surface area contributed by atoms with E-state index in [0.717, 1.165) is 0 Å². The fourth-order valence-electron chi connectivity index (χ4n) is 2.34. The van der Waals surface area contributed by atoms with E-state index >= 15 is 0 Å². The number of amides is 2. The first-order valence-corrected chi connectivity index (χ1v) is 10.1. The van der Waals surface area contributed by atoms with Gasteiger partial charge in [0.1, 0.15) is 11.5 Å². The van der Waals surface area contributed by atoms with Crippen molar-refractivity contribution >= 4 is 29.1 Å². The third-order valence-electron chi connectivity index (χ3n) is 3.68. The molecule has 160 valence electrons. The summed E-state index contributed by atoms with van der Waals surface area (Å²) in [7, 11) is 0. The molecule has 2 aromatic rings. The zero-order valence-electron chi connectivity index (χ0n) is 17.5. The fraction of sp³-hybridized carbons (Fsp3) is 0.318. The van der Waals surface area contributed by atoms with Gasteiger partial charge in [0.15, 0.2) is 5.11 Å². The Kier molecular flexibility index (Phi) is 8.61. The van der Waals surface area contributed by atoms with Crippen molar-refractivity contribution in [2.75, 3.05) is 6.61 Å². The van der Waals surface area contributed by atoms with Crippen LogP contribution in [0.2, 0.25) is 0 Å². The maximum Gasteiger partial charge on any atom is 0.269 e. The van der Waals surface area contributed by atoms with Crippen molar-refractivity contribution in [3.8, 4) is 11.5 Å². The zero-order valence-corrected chi connectivity index (χ0v) is 18.3. The largest absolute Gasteiger partial charge is 0.493 e. The number of carbonyl (C=O) groups excluding carboxylic acids is 2. The first-order chi connectivity index (χ1) is 14.2. The smallest absolute Gasteiger partial charge is 0.269 e. The SMILES string of the molecule is CC(C)COc1ccc(C(=O)NNC(=S)NC(=O)c2cccc(OC(C)C)c2)cc1. The van der Waals surface area contributed by atoms with E-state index in [4.69, 9.17) is 21.7 Å². The van der Waals surface area contributed by atoms with Gasteiger partial charge in [0.25, 0.3) is 11.8 Å². The quantitative estimate of drug-likeness (QED) is 0.461. The van der Waals surface area contributed by atoms with Crippen LogP contribution in [0.5, 0.6) is 11.5 Å². The van der Waals surface area contributed by atoms with Gasteiger partial charge >= 0.3 is 0 Å². The summed E-state index contributed by atoms with van der Waals surface area (Å²) < 4.78 is 11.2. The van der Waals surface area contributed by atoms with Crippen LogP contribution >= 0.6 is 12.2 Å². The zero-order chi connectivity index (χ0) is 22.1. The minimum Gasteiger partial charge on any atom is -0.493 e. The Morgan fingerprint density at radius 3 is 2.23 bits per heavy atom. The van der Waals surface area contributed by atoms with Gasteiger partial charge < -0.3 is 9.47 Å². The maximum atomic E-state index is 12.3. The Bertz CT molecular complexity index is 882. The Labute approximate surface area is 182 Å². The number of thiocarbonyl (C=S) groups is 1. The Morgan fingerprint density at radius 2 is 1.60 bits per heavy atom. The van der Waals surface area contributed by atoms with E-state index in [1.165, 1.54) is 0 Å². The predicted molar refractivity (Wildman–Crippen MR) is 120 cm³/mol. The number of carbonyl (C=O) groups is 2. The minimum atomic E-state index is -0.414. The van der Waals surface area contributed by atoms with Crippen LogP contribution in [0.3, 0.4) is 0 Å². The summed E-state index contributed by atoms with van der Waals surface area (Å²) in [4.78, 5) is 24.6. The van der Waals surface area contributed by atoms with Crippen LogP contribution in [-0.4, -0.2) is 29.6 Å². The summed E-state index contributed by atoms with van der Waals surface area (Å²) >= 11 is 5.07. The molecule has 7 nitrogen and oxygen atoms in total. The molecular formula is C22H27N3O4S. The molecule has 0 spiro atoms. The number of hydrazine groups is 1. The molecule has 30 heavy (non-hydrogen) atoms. The van der Waals surface area contributed by atoms with Crippen LogP contribution in [0.4, 0.5) is 0 Å². The van der Waals surface area contributed by atoms with Crippen molar-refractivity contribution in [1.29, 1.82) is 0 Å². The highest BCUT2D eigenvalue weighted by molar-refractivity contribution is 7.80. The van der Waals surface area contributed by atoms with Crippen molar-refractivity contribution in [1.82, 2.24) is 16.2 Å². The molecule has 0 aliphatic heterocycles. The van der Waals surface area contributed by atoms with Gasteiger partial charge in [-0.25, -0.2) is 0 Å². The molecule has 8 heteroatoms. The molecular weight excluding hydrogens is 402 g/mol. The number of hydrogen-bond acceptors (Lipinski definition) is 5. The van der Waals surface area contributed by atoms with Gasteiger partial charge in [-0.1, -0.05) is 19.9 Å². The van der Waals surface area contributed by atoms with Crippen molar-refractivity contribution in [3.63, 3.8) is 0 Å². The lowest BCUT2D eigenvalue weighted by atomic mass is 10.2. The highest BCUT2D eigenvalue weighted by Gasteiger charge is 2.11. The molecule has 0 atom stereocenters.